The Morgan fingerprint density at radius 3 is 2.77 bits per heavy atom. The van der Waals surface area contributed by atoms with Crippen molar-refractivity contribution in [3.8, 4) is 5.75 Å². The standard InChI is InChI=1S/C18H19ClN2O/c1-11(2)16-8-13-7-15(19)18(9-17(13)21-16)22-10-14-6-4-5-12(3)20-14/h4-9,11,21H,10H2,1-3H3. The number of aromatic amines is 1. The van der Waals surface area contributed by atoms with Crippen LogP contribution in [0.1, 0.15) is 36.8 Å². The van der Waals surface area contributed by atoms with Crippen molar-refractivity contribution < 1.29 is 4.74 Å². The van der Waals surface area contributed by atoms with E-state index in [4.69, 9.17) is 16.3 Å². The van der Waals surface area contributed by atoms with Gasteiger partial charge in [-0.3, -0.25) is 4.98 Å². The maximum absolute atomic E-state index is 6.33. The van der Waals surface area contributed by atoms with Crippen molar-refractivity contribution in [2.45, 2.75) is 33.3 Å². The number of nitrogens with zero attached hydrogens (tertiary/aromatic N) is 1. The van der Waals surface area contributed by atoms with Crippen molar-refractivity contribution in [3.63, 3.8) is 0 Å². The van der Waals surface area contributed by atoms with Crippen molar-refractivity contribution >= 4 is 22.5 Å². The molecule has 2 heterocycles. The third-order valence-corrected chi connectivity index (χ3v) is 3.93. The molecule has 4 heteroatoms. The van der Waals surface area contributed by atoms with Crippen LogP contribution < -0.4 is 4.74 Å². The summed E-state index contributed by atoms with van der Waals surface area (Å²) < 4.78 is 5.84. The van der Waals surface area contributed by atoms with E-state index in [1.165, 1.54) is 5.69 Å². The molecule has 22 heavy (non-hydrogen) atoms. The highest BCUT2D eigenvalue weighted by atomic mass is 35.5. The van der Waals surface area contributed by atoms with Gasteiger partial charge in [0.15, 0.2) is 0 Å². The van der Waals surface area contributed by atoms with Gasteiger partial charge < -0.3 is 9.72 Å². The lowest BCUT2D eigenvalue weighted by Gasteiger charge is -2.08. The van der Waals surface area contributed by atoms with Gasteiger partial charge >= 0.3 is 0 Å². The largest absolute Gasteiger partial charge is 0.486 e. The maximum Gasteiger partial charge on any atom is 0.140 e. The molecular formula is C18H19ClN2O. The molecular weight excluding hydrogens is 296 g/mol. The van der Waals surface area contributed by atoms with Gasteiger partial charge in [0.25, 0.3) is 0 Å². The van der Waals surface area contributed by atoms with E-state index in [9.17, 15) is 0 Å². The summed E-state index contributed by atoms with van der Waals surface area (Å²) >= 11 is 6.33. The summed E-state index contributed by atoms with van der Waals surface area (Å²) in [7, 11) is 0. The van der Waals surface area contributed by atoms with E-state index in [-0.39, 0.29) is 0 Å². The first kappa shape index (κ1) is 14.9. The van der Waals surface area contributed by atoms with Crippen LogP contribution in [0.4, 0.5) is 0 Å². The lowest BCUT2D eigenvalue weighted by molar-refractivity contribution is 0.301. The normalized spacial score (nSPS) is 11.3. The molecule has 0 bridgehead atoms. The summed E-state index contributed by atoms with van der Waals surface area (Å²) in [5.74, 6) is 1.13. The zero-order valence-corrected chi connectivity index (χ0v) is 13.7. The van der Waals surface area contributed by atoms with Crippen LogP contribution in [0, 0.1) is 6.92 Å². The maximum atomic E-state index is 6.33. The van der Waals surface area contributed by atoms with Crippen LogP contribution >= 0.6 is 11.6 Å². The number of pyridine rings is 1. The molecule has 1 aromatic carbocycles. The van der Waals surface area contributed by atoms with Gasteiger partial charge in [0, 0.05) is 28.4 Å². The van der Waals surface area contributed by atoms with Gasteiger partial charge in [-0.25, -0.2) is 0 Å². The minimum atomic E-state index is 0.407. The van der Waals surface area contributed by atoms with E-state index in [2.05, 4.69) is 29.9 Å². The van der Waals surface area contributed by atoms with Crippen LogP contribution in [0.2, 0.25) is 5.02 Å². The zero-order valence-electron chi connectivity index (χ0n) is 13.0. The third-order valence-electron chi connectivity index (χ3n) is 3.64. The van der Waals surface area contributed by atoms with Gasteiger partial charge in [0.2, 0.25) is 0 Å². The molecule has 114 valence electrons. The number of ether oxygens (including phenoxy) is 1. The summed E-state index contributed by atoms with van der Waals surface area (Å²) in [6.45, 7) is 6.69. The molecule has 0 aliphatic rings. The number of aromatic nitrogens is 2. The highest BCUT2D eigenvalue weighted by molar-refractivity contribution is 6.32. The summed E-state index contributed by atoms with van der Waals surface area (Å²) in [4.78, 5) is 7.85. The average Bonchev–Trinajstić information content (AvgIpc) is 2.88. The highest BCUT2D eigenvalue weighted by Crippen LogP contribution is 2.32. The first-order valence-corrected chi connectivity index (χ1v) is 7.78. The topological polar surface area (TPSA) is 37.9 Å². The first-order chi connectivity index (χ1) is 10.5. The van der Waals surface area contributed by atoms with Gasteiger partial charge in [-0.15, -0.1) is 0 Å². The number of fused-ring (bicyclic) bond motifs is 1. The summed E-state index contributed by atoms with van der Waals surface area (Å²) in [5.41, 5.74) is 4.11. The molecule has 0 unspecified atom stereocenters. The van der Waals surface area contributed by atoms with E-state index in [1.807, 2.05) is 37.3 Å². The molecule has 3 rings (SSSR count). The molecule has 1 N–H and O–H groups in total. The molecule has 0 aliphatic heterocycles. The molecule has 0 spiro atoms. The van der Waals surface area contributed by atoms with E-state index in [0.717, 1.165) is 22.3 Å². The monoisotopic (exact) mass is 314 g/mol. The van der Waals surface area contributed by atoms with Crippen LogP contribution in [-0.2, 0) is 6.61 Å². The Balaban J connectivity index is 1.85. The molecule has 0 aliphatic carbocycles. The molecule has 2 aromatic heterocycles. The fraction of sp³-hybridized carbons (Fsp3) is 0.278. The predicted molar refractivity (Wildman–Crippen MR) is 90.7 cm³/mol. The molecule has 0 amide bonds. The number of aryl methyl sites for hydroxylation is 1. The Bertz CT molecular complexity index is 808. The van der Waals surface area contributed by atoms with Gasteiger partial charge in [0.05, 0.1) is 10.7 Å². The van der Waals surface area contributed by atoms with Gasteiger partial charge in [-0.05, 0) is 37.1 Å². The molecule has 0 saturated heterocycles. The second-order valence-corrected chi connectivity index (χ2v) is 6.22. The minimum Gasteiger partial charge on any atom is -0.486 e. The van der Waals surface area contributed by atoms with Crippen molar-refractivity contribution in [2.75, 3.05) is 0 Å². The Kier molecular flexibility index (Phi) is 4.08. The fourth-order valence-electron chi connectivity index (χ4n) is 2.41. The fourth-order valence-corrected chi connectivity index (χ4v) is 2.64. The second kappa shape index (κ2) is 6.01. The predicted octanol–water partition coefficient (Wildman–Crippen LogP) is 5.23. The summed E-state index contributed by atoms with van der Waals surface area (Å²) in [6, 6.07) is 11.9. The number of nitrogens with one attached hydrogen (secondary N) is 1. The molecule has 3 nitrogen and oxygen atoms in total. The number of hydrogen-bond donors (Lipinski definition) is 1. The molecule has 0 atom stereocenters. The Labute approximate surface area is 135 Å². The van der Waals surface area contributed by atoms with Crippen LogP contribution in [0.25, 0.3) is 10.9 Å². The van der Waals surface area contributed by atoms with E-state index < -0.39 is 0 Å². The molecule has 0 fully saturated rings. The molecule has 0 radical (unpaired) electrons. The number of rotatable bonds is 4. The zero-order chi connectivity index (χ0) is 15.7. The van der Waals surface area contributed by atoms with Crippen LogP contribution in [0.5, 0.6) is 5.75 Å². The minimum absolute atomic E-state index is 0.407. The number of hydrogen-bond acceptors (Lipinski definition) is 2. The molecule has 0 saturated carbocycles. The van der Waals surface area contributed by atoms with E-state index in [0.29, 0.717) is 23.3 Å². The van der Waals surface area contributed by atoms with Crippen molar-refractivity contribution in [1.82, 2.24) is 9.97 Å². The Hall–Kier alpha value is -2.00. The third kappa shape index (κ3) is 3.09. The summed E-state index contributed by atoms with van der Waals surface area (Å²) in [5, 5.41) is 1.73. The van der Waals surface area contributed by atoms with Gasteiger partial charge in [0.1, 0.15) is 12.4 Å². The van der Waals surface area contributed by atoms with Gasteiger partial charge in [-0.1, -0.05) is 31.5 Å². The van der Waals surface area contributed by atoms with E-state index >= 15 is 0 Å². The highest BCUT2D eigenvalue weighted by Gasteiger charge is 2.09. The van der Waals surface area contributed by atoms with Crippen LogP contribution in [0.15, 0.2) is 36.4 Å². The lowest BCUT2D eigenvalue weighted by Crippen LogP contribution is -1.99. The van der Waals surface area contributed by atoms with Crippen LogP contribution in [-0.4, -0.2) is 9.97 Å². The number of H-pyrrole nitrogens is 1. The quantitative estimate of drug-likeness (QED) is 0.716. The molecule has 3 aromatic rings. The number of benzene rings is 1. The summed E-state index contributed by atoms with van der Waals surface area (Å²) in [6.07, 6.45) is 0. The first-order valence-electron chi connectivity index (χ1n) is 7.40. The Morgan fingerprint density at radius 1 is 1.23 bits per heavy atom. The second-order valence-electron chi connectivity index (χ2n) is 5.81. The van der Waals surface area contributed by atoms with Crippen molar-refractivity contribution in [2.24, 2.45) is 0 Å². The smallest absolute Gasteiger partial charge is 0.140 e. The Morgan fingerprint density at radius 2 is 2.05 bits per heavy atom. The van der Waals surface area contributed by atoms with E-state index in [1.54, 1.807) is 0 Å². The van der Waals surface area contributed by atoms with Crippen molar-refractivity contribution in [1.29, 1.82) is 0 Å². The average molecular weight is 315 g/mol. The van der Waals surface area contributed by atoms with Gasteiger partial charge in [-0.2, -0.15) is 0 Å². The SMILES string of the molecule is Cc1cccc(COc2cc3[nH]c(C(C)C)cc3cc2Cl)n1. The number of halogens is 1. The lowest BCUT2D eigenvalue weighted by atomic mass is 10.1. The van der Waals surface area contributed by atoms with Crippen molar-refractivity contribution in [3.05, 3.63) is 58.5 Å². The van der Waals surface area contributed by atoms with Crippen LogP contribution in [0.3, 0.4) is 0 Å².